The van der Waals surface area contributed by atoms with E-state index in [0.29, 0.717) is 7.92 Å². The lowest BCUT2D eigenvalue weighted by Crippen LogP contribution is -1.84. The third kappa shape index (κ3) is 1.61. The van der Waals surface area contributed by atoms with Gasteiger partial charge in [0.15, 0.2) is 0 Å². The molecule has 1 heterocycles. The Balaban J connectivity index is 2.36. The number of rotatable bonds is 0. The van der Waals surface area contributed by atoms with Gasteiger partial charge in [0.1, 0.15) is 0 Å². The van der Waals surface area contributed by atoms with Crippen LogP contribution in [0, 0.1) is 0 Å². The van der Waals surface area contributed by atoms with Crippen LogP contribution in [-0.4, -0.2) is 12.8 Å². The summed E-state index contributed by atoms with van der Waals surface area (Å²) in [4.78, 5) is 0. The van der Waals surface area contributed by atoms with Gasteiger partial charge < -0.3 is 0 Å². The van der Waals surface area contributed by atoms with E-state index < -0.39 is 0 Å². The van der Waals surface area contributed by atoms with E-state index in [4.69, 9.17) is 0 Å². The molecule has 0 aromatic heterocycles. The van der Waals surface area contributed by atoms with E-state index in [9.17, 15) is 0 Å². The molecule has 1 aliphatic heterocycles. The van der Waals surface area contributed by atoms with Crippen molar-refractivity contribution in [2.75, 3.05) is 12.8 Å². The summed E-state index contributed by atoms with van der Waals surface area (Å²) in [6.45, 7) is 2.34. The van der Waals surface area contributed by atoms with Gasteiger partial charge >= 0.3 is 0 Å². The Morgan fingerprint density at radius 3 is 2.71 bits per heavy atom. The molecule has 1 rings (SSSR count). The first-order chi connectivity index (χ1) is 3.39. The van der Waals surface area contributed by atoms with E-state index in [1.165, 1.54) is 19.0 Å². The highest BCUT2D eigenvalue weighted by Gasteiger charge is 1.98. The zero-order valence-corrected chi connectivity index (χ0v) is 5.62. The third-order valence-electron chi connectivity index (χ3n) is 1.24. The van der Waals surface area contributed by atoms with Crippen LogP contribution in [0.5, 0.6) is 0 Å². The minimum Gasteiger partial charge on any atom is -0.0868 e. The lowest BCUT2D eigenvalue weighted by Gasteiger charge is -2.09. The molecule has 0 aromatic rings. The fourth-order valence-electron chi connectivity index (χ4n) is 0.788. The van der Waals surface area contributed by atoms with Gasteiger partial charge in [-0.05, 0) is 25.7 Å². The highest BCUT2D eigenvalue weighted by Crippen LogP contribution is 2.36. The van der Waals surface area contributed by atoms with Gasteiger partial charge in [-0.25, -0.2) is 0 Å². The van der Waals surface area contributed by atoms with Crippen molar-refractivity contribution in [2.45, 2.75) is 12.8 Å². The lowest BCUT2D eigenvalue weighted by atomic mass is 10.3. The van der Waals surface area contributed by atoms with Crippen LogP contribution in [-0.2, 0) is 0 Å². The molecule has 0 N–H and O–H groups in total. The van der Waals surface area contributed by atoms with Crippen molar-refractivity contribution in [1.82, 2.24) is 0 Å². The molecule has 0 bridgehead atoms. The maximum Gasteiger partial charge on any atom is -0.0291 e. The minimum atomic E-state index is 0.328. The molecule has 1 aliphatic rings. The van der Waals surface area contributed by atoms with Crippen molar-refractivity contribution in [2.24, 2.45) is 0 Å². The summed E-state index contributed by atoms with van der Waals surface area (Å²) >= 11 is 0. The van der Waals surface area contributed by atoms with Crippen molar-refractivity contribution in [3.63, 3.8) is 0 Å². The Morgan fingerprint density at radius 1 is 1.57 bits per heavy atom. The van der Waals surface area contributed by atoms with E-state index in [0.717, 1.165) is 0 Å². The first-order valence-corrected chi connectivity index (χ1v) is 4.81. The van der Waals surface area contributed by atoms with Crippen LogP contribution in [0.15, 0.2) is 11.9 Å². The molecule has 0 aromatic carbocycles. The van der Waals surface area contributed by atoms with Crippen LogP contribution in [0.25, 0.3) is 0 Å². The number of hydrogen-bond acceptors (Lipinski definition) is 0. The molecule has 0 radical (unpaired) electrons. The molecule has 0 saturated carbocycles. The van der Waals surface area contributed by atoms with Gasteiger partial charge in [-0.2, -0.15) is 0 Å². The van der Waals surface area contributed by atoms with Gasteiger partial charge in [0.25, 0.3) is 0 Å². The second-order valence-electron chi connectivity index (χ2n) is 2.01. The Morgan fingerprint density at radius 2 is 2.43 bits per heavy atom. The second-order valence-corrected chi connectivity index (χ2v) is 4.27. The van der Waals surface area contributed by atoms with Crippen molar-refractivity contribution in [1.29, 1.82) is 0 Å². The Labute approximate surface area is 46.4 Å². The van der Waals surface area contributed by atoms with Crippen LogP contribution in [0.2, 0.25) is 0 Å². The summed E-state index contributed by atoms with van der Waals surface area (Å²) in [6, 6.07) is 0. The quantitative estimate of drug-likeness (QED) is 0.424. The highest BCUT2D eigenvalue weighted by atomic mass is 31.1. The normalized spacial score (nSPS) is 30.7. The van der Waals surface area contributed by atoms with E-state index in [1.54, 1.807) is 0 Å². The number of allylic oxidation sites excluding steroid dienone is 1. The Hall–Kier alpha value is 0.170. The molecule has 1 atom stereocenters. The molecule has 1 unspecified atom stereocenters. The maximum atomic E-state index is 2.37. The van der Waals surface area contributed by atoms with E-state index in [1.807, 2.05) is 0 Å². The van der Waals surface area contributed by atoms with Crippen LogP contribution in [0.1, 0.15) is 12.8 Å². The van der Waals surface area contributed by atoms with Gasteiger partial charge in [-0.1, -0.05) is 19.8 Å². The average Bonchev–Trinajstić information content (AvgIpc) is 1.69. The Kier molecular flexibility index (Phi) is 1.87. The zero-order chi connectivity index (χ0) is 5.11. The molecule has 0 nitrogen and oxygen atoms in total. The molecule has 0 aliphatic carbocycles. The second kappa shape index (κ2) is 2.47. The largest absolute Gasteiger partial charge is 0.0868 e. The number of hydrogen-bond donors (Lipinski definition) is 0. The smallest absolute Gasteiger partial charge is 0.0291 e. The predicted octanol–water partition coefficient (Wildman–Crippen LogP) is 2.41. The summed E-state index contributed by atoms with van der Waals surface area (Å²) in [5, 5.41) is 0. The van der Waals surface area contributed by atoms with Gasteiger partial charge in [-0.15, -0.1) is 0 Å². The standard InChI is InChI=1S/C6H11P/c1-7-5-3-2-4-6-7/h3,5H,2,4,6H2,1H3. The van der Waals surface area contributed by atoms with Crippen LogP contribution < -0.4 is 0 Å². The van der Waals surface area contributed by atoms with Crippen molar-refractivity contribution in [3.8, 4) is 0 Å². The monoisotopic (exact) mass is 114 g/mol. The SMILES string of the molecule is CP1C=CCCC1. The van der Waals surface area contributed by atoms with Crippen molar-refractivity contribution < 1.29 is 0 Å². The van der Waals surface area contributed by atoms with Gasteiger partial charge in [0, 0.05) is 0 Å². The Bertz CT molecular complexity index is 76.2. The van der Waals surface area contributed by atoms with Crippen molar-refractivity contribution in [3.05, 3.63) is 11.9 Å². The summed E-state index contributed by atoms with van der Waals surface area (Å²) in [5.74, 6) is 2.37. The minimum absolute atomic E-state index is 0.328. The fraction of sp³-hybridized carbons (Fsp3) is 0.667. The van der Waals surface area contributed by atoms with E-state index in [2.05, 4.69) is 18.6 Å². The molecule has 7 heavy (non-hydrogen) atoms. The first-order valence-electron chi connectivity index (χ1n) is 2.76. The average molecular weight is 114 g/mol. The van der Waals surface area contributed by atoms with Crippen LogP contribution >= 0.6 is 7.92 Å². The first kappa shape index (κ1) is 5.31. The summed E-state index contributed by atoms with van der Waals surface area (Å²) in [6.07, 6.45) is 6.53. The molecule has 0 saturated heterocycles. The third-order valence-corrected chi connectivity index (χ3v) is 2.98. The molecule has 0 amide bonds. The van der Waals surface area contributed by atoms with Gasteiger partial charge in [0.05, 0.1) is 0 Å². The topological polar surface area (TPSA) is 0 Å². The molecular formula is C6H11P. The summed E-state index contributed by atoms with van der Waals surface area (Å²) in [5.41, 5.74) is 0. The summed E-state index contributed by atoms with van der Waals surface area (Å²) < 4.78 is 0. The molecule has 0 fully saturated rings. The highest BCUT2D eigenvalue weighted by molar-refractivity contribution is 7.60. The zero-order valence-electron chi connectivity index (χ0n) is 4.72. The molecular weight excluding hydrogens is 103 g/mol. The van der Waals surface area contributed by atoms with Gasteiger partial charge in [0.2, 0.25) is 0 Å². The molecule has 40 valence electrons. The van der Waals surface area contributed by atoms with E-state index >= 15 is 0 Å². The fourth-order valence-corrected chi connectivity index (χ4v) is 2.13. The van der Waals surface area contributed by atoms with E-state index in [-0.39, 0.29) is 0 Å². The molecule has 0 spiro atoms. The lowest BCUT2D eigenvalue weighted by molar-refractivity contribution is 0.957. The predicted molar refractivity (Wildman–Crippen MR) is 36.1 cm³/mol. The van der Waals surface area contributed by atoms with Gasteiger partial charge in [-0.3, -0.25) is 0 Å². The maximum absolute atomic E-state index is 2.37. The van der Waals surface area contributed by atoms with Crippen LogP contribution in [0.4, 0.5) is 0 Å². The van der Waals surface area contributed by atoms with Crippen LogP contribution in [0.3, 0.4) is 0 Å². The summed E-state index contributed by atoms with van der Waals surface area (Å²) in [7, 11) is 0.328. The molecule has 1 heteroatoms. The van der Waals surface area contributed by atoms with Crippen molar-refractivity contribution >= 4 is 7.92 Å².